The summed E-state index contributed by atoms with van der Waals surface area (Å²) in [6.45, 7) is 4.60. The van der Waals surface area contributed by atoms with E-state index in [9.17, 15) is 9.59 Å². The zero-order valence-electron chi connectivity index (χ0n) is 14.1. The molecular formula is C19H21NO4. The quantitative estimate of drug-likeness (QED) is 0.618. The fourth-order valence-electron chi connectivity index (χ4n) is 3.19. The van der Waals surface area contributed by atoms with E-state index >= 15 is 0 Å². The zero-order chi connectivity index (χ0) is 17.3. The van der Waals surface area contributed by atoms with E-state index in [1.54, 1.807) is 29.2 Å². The fourth-order valence-corrected chi connectivity index (χ4v) is 3.19. The van der Waals surface area contributed by atoms with Crippen LogP contribution in [0.25, 0.3) is 0 Å². The number of ether oxygens (including phenoxy) is 2. The normalized spacial score (nSPS) is 28.1. The highest BCUT2D eigenvalue weighted by atomic mass is 16.6. The van der Waals surface area contributed by atoms with Gasteiger partial charge in [0.15, 0.2) is 0 Å². The average molecular weight is 327 g/mol. The number of amides is 1. The molecule has 1 aromatic rings. The molecule has 0 N–H and O–H groups in total. The highest BCUT2D eigenvalue weighted by molar-refractivity contribution is 5.92. The molecule has 0 saturated carbocycles. The Labute approximate surface area is 141 Å². The first kappa shape index (κ1) is 16.3. The van der Waals surface area contributed by atoms with Crippen molar-refractivity contribution in [1.29, 1.82) is 0 Å². The molecule has 0 spiro atoms. The lowest BCUT2D eigenvalue weighted by Crippen LogP contribution is -2.50. The van der Waals surface area contributed by atoms with Crippen LogP contribution in [0.1, 0.15) is 13.8 Å². The van der Waals surface area contributed by atoms with E-state index in [0.29, 0.717) is 17.9 Å². The highest BCUT2D eigenvalue weighted by Gasteiger charge is 2.44. The molecule has 3 aliphatic rings. The Hall–Kier alpha value is -2.56. The molecule has 0 saturated heterocycles. The molecule has 0 fully saturated rings. The monoisotopic (exact) mass is 327 g/mol. The van der Waals surface area contributed by atoms with Gasteiger partial charge in [-0.15, -0.1) is 0 Å². The molecule has 1 aliphatic carbocycles. The van der Waals surface area contributed by atoms with Crippen molar-refractivity contribution in [2.75, 3.05) is 13.7 Å². The molecule has 5 nitrogen and oxygen atoms in total. The van der Waals surface area contributed by atoms with Crippen LogP contribution < -0.4 is 4.74 Å². The van der Waals surface area contributed by atoms with Crippen LogP contribution in [0.5, 0.6) is 5.75 Å². The van der Waals surface area contributed by atoms with E-state index in [4.69, 9.17) is 9.47 Å². The van der Waals surface area contributed by atoms with Crippen LogP contribution in [0, 0.1) is 11.3 Å². The minimum absolute atomic E-state index is 0.0994. The lowest BCUT2D eigenvalue weighted by Gasteiger charge is -2.39. The van der Waals surface area contributed by atoms with Gasteiger partial charge < -0.3 is 9.47 Å². The summed E-state index contributed by atoms with van der Waals surface area (Å²) >= 11 is 0. The number of rotatable bonds is 2. The van der Waals surface area contributed by atoms with Crippen LogP contribution in [0.15, 0.2) is 54.1 Å². The number of benzene rings is 1. The first-order valence-corrected chi connectivity index (χ1v) is 7.97. The summed E-state index contributed by atoms with van der Waals surface area (Å²) in [6.07, 6.45) is 5.42. The summed E-state index contributed by atoms with van der Waals surface area (Å²) in [5.41, 5.74) is 0.231. The van der Waals surface area contributed by atoms with Crippen molar-refractivity contribution < 1.29 is 19.1 Å². The van der Waals surface area contributed by atoms with Gasteiger partial charge in [0, 0.05) is 12.0 Å². The lowest BCUT2D eigenvalue weighted by atomic mass is 9.77. The standard InChI is InChI=1S/C19H21NO4/c1-13-11-15(17(21)23-3)16-9-10-19(13,2)12-20(16)18(22)24-14-7-5-4-6-8-14/h4-11,13,16H,12H2,1-3H3. The number of fused-ring (bicyclic) bond motifs is 2. The molecule has 126 valence electrons. The number of para-hydroxylation sites is 1. The Balaban J connectivity index is 1.92. The van der Waals surface area contributed by atoms with E-state index in [2.05, 4.69) is 13.0 Å². The van der Waals surface area contributed by atoms with Gasteiger partial charge in [0.05, 0.1) is 18.7 Å². The lowest BCUT2D eigenvalue weighted by molar-refractivity contribution is -0.136. The van der Waals surface area contributed by atoms with Gasteiger partial charge in [-0.05, 0) is 18.1 Å². The second-order valence-electron chi connectivity index (χ2n) is 6.52. The summed E-state index contributed by atoms with van der Waals surface area (Å²) < 4.78 is 10.4. The summed E-state index contributed by atoms with van der Waals surface area (Å²) in [5, 5.41) is 0. The van der Waals surface area contributed by atoms with Crippen molar-refractivity contribution in [1.82, 2.24) is 4.90 Å². The Morgan fingerprint density at radius 1 is 1.25 bits per heavy atom. The summed E-state index contributed by atoms with van der Waals surface area (Å²) in [4.78, 5) is 26.5. The van der Waals surface area contributed by atoms with Crippen molar-refractivity contribution in [3.8, 4) is 5.75 Å². The number of esters is 1. The van der Waals surface area contributed by atoms with E-state index < -0.39 is 18.1 Å². The molecular weight excluding hydrogens is 306 g/mol. The maximum atomic E-state index is 12.7. The van der Waals surface area contributed by atoms with Gasteiger partial charge in [0.25, 0.3) is 0 Å². The summed E-state index contributed by atoms with van der Waals surface area (Å²) in [7, 11) is 1.35. The van der Waals surface area contributed by atoms with Gasteiger partial charge in [-0.2, -0.15) is 0 Å². The molecule has 3 unspecified atom stereocenters. The molecule has 1 aromatic carbocycles. The minimum atomic E-state index is -0.467. The number of methoxy groups -OCH3 is 1. The van der Waals surface area contributed by atoms with Crippen molar-refractivity contribution in [3.63, 3.8) is 0 Å². The second kappa shape index (κ2) is 6.15. The van der Waals surface area contributed by atoms with E-state index in [1.165, 1.54) is 7.11 Å². The molecule has 2 heterocycles. The largest absolute Gasteiger partial charge is 0.466 e. The number of hydrogen-bond acceptors (Lipinski definition) is 4. The Bertz CT molecular complexity index is 709. The van der Waals surface area contributed by atoms with Gasteiger partial charge in [0.1, 0.15) is 5.75 Å². The SMILES string of the molecule is COC(=O)C1=CC(C)C2(C)C=CC1N(C(=O)Oc1ccccc1)C2. The molecule has 24 heavy (non-hydrogen) atoms. The molecule has 4 rings (SSSR count). The van der Waals surface area contributed by atoms with Crippen LogP contribution in [0.2, 0.25) is 0 Å². The maximum absolute atomic E-state index is 12.7. The molecule has 0 aromatic heterocycles. The van der Waals surface area contributed by atoms with Gasteiger partial charge in [0.2, 0.25) is 0 Å². The molecule has 0 radical (unpaired) electrons. The highest BCUT2D eigenvalue weighted by Crippen LogP contribution is 2.41. The molecule has 3 atom stereocenters. The zero-order valence-corrected chi connectivity index (χ0v) is 14.1. The number of carbonyl (C=O) groups is 2. The smallest absolute Gasteiger partial charge is 0.416 e. The fraction of sp³-hybridized carbons (Fsp3) is 0.368. The minimum Gasteiger partial charge on any atom is -0.466 e. The van der Waals surface area contributed by atoms with Crippen LogP contribution in [0.4, 0.5) is 4.79 Å². The van der Waals surface area contributed by atoms with E-state index in [1.807, 2.05) is 25.1 Å². The van der Waals surface area contributed by atoms with Crippen LogP contribution >= 0.6 is 0 Å². The average Bonchev–Trinajstić information content (AvgIpc) is 2.78. The molecule has 2 aliphatic heterocycles. The van der Waals surface area contributed by atoms with Gasteiger partial charge in [-0.3, -0.25) is 4.90 Å². The third-order valence-electron chi connectivity index (χ3n) is 4.90. The Kier molecular flexibility index (Phi) is 4.18. The van der Waals surface area contributed by atoms with Crippen LogP contribution in [-0.2, 0) is 9.53 Å². The van der Waals surface area contributed by atoms with Crippen molar-refractivity contribution in [3.05, 3.63) is 54.1 Å². The van der Waals surface area contributed by atoms with Gasteiger partial charge >= 0.3 is 12.1 Å². The van der Waals surface area contributed by atoms with E-state index in [0.717, 1.165) is 0 Å². The number of allylic oxidation sites excluding steroid dienone is 1. The third-order valence-corrected chi connectivity index (χ3v) is 4.90. The predicted octanol–water partition coefficient (Wildman–Crippen LogP) is 3.18. The topological polar surface area (TPSA) is 55.8 Å². The van der Waals surface area contributed by atoms with Crippen molar-refractivity contribution in [2.45, 2.75) is 19.9 Å². The first-order chi connectivity index (χ1) is 11.4. The third kappa shape index (κ3) is 2.82. The molecule has 5 heteroatoms. The maximum Gasteiger partial charge on any atom is 0.416 e. The molecule has 1 amide bonds. The Morgan fingerprint density at radius 2 is 1.96 bits per heavy atom. The van der Waals surface area contributed by atoms with Gasteiger partial charge in [-0.1, -0.05) is 50.3 Å². The number of carbonyl (C=O) groups excluding carboxylic acids is 2. The van der Waals surface area contributed by atoms with Gasteiger partial charge in [-0.25, -0.2) is 9.59 Å². The second-order valence-corrected chi connectivity index (χ2v) is 6.52. The summed E-state index contributed by atoms with van der Waals surface area (Å²) in [5.74, 6) is 0.163. The predicted molar refractivity (Wildman–Crippen MR) is 89.5 cm³/mol. The Morgan fingerprint density at radius 3 is 2.62 bits per heavy atom. The number of hydrogen-bond donors (Lipinski definition) is 0. The van der Waals surface area contributed by atoms with Crippen molar-refractivity contribution >= 4 is 12.1 Å². The first-order valence-electron chi connectivity index (χ1n) is 7.97. The van der Waals surface area contributed by atoms with E-state index in [-0.39, 0.29) is 11.3 Å². The summed E-state index contributed by atoms with van der Waals surface area (Å²) in [6, 6.07) is 8.46. The number of nitrogens with zero attached hydrogens (tertiary/aromatic N) is 1. The molecule has 2 bridgehead atoms. The van der Waals surface area contributed by atoms with Crippen LogP contribution in [-0.4, -0.2) is 36.7 Å². The van der Waals surface area contributed by atoms with Crippen LogP contribution in [0.3, 0.4) is 0 Å². The van der Waals surface area contributed by atoms with Crippen molar-refractivity contribution in [2.24, 2.45) is 11.3 Å².